The Morgan fingerprint density at radius 2 is 1.78 bits per heavy atom. The van der Waals surface area contributed by atoms with E-state index in [1.54, 1.807) is 42.5 Å². The van der Waals surface area contributed by atoms with E-state index >= 15 is 0 Å². The van der Waals surface area contributed by atoms with Gasteiger partial charge >= 0.3 is 5.97 Å². The molecule has 3 rings (SSSR count). The van der Waals surface area contributed by atoms with Crippen molar-refractivity contribution < 1.29 is 22.5 Å². The highest BCUT2D eigenvalue weighted by Crippen LogP contribution is 2.24. The van der Waals surface area contributed by atoms with Crippen LogP contribution in [-0.4, -0.2) is 30.3 Å². The second-order valence-corrected chi connectivity index (χ2v) is 8.05. The fourth-order valence-electron chi connectivity index (χ4n) is 2.24. The van der Waals surface area contributed by atoms with Crippen molar-refractivity contribution in [3.05, 3.63) is 65.5 Å². The second-order valence-electron chi connectivity index (χ2n) is 5.53. The van der Waals surface area contributed by atoms with Crippen LogP contribution in [0.25, 0.3) is 11.4 Å². The Hall–Kier alpha value is -2.71. The first-order valence-corrected chi connectivity index (χ1v) is 9.99. The van der Waals surface area contributed by atoms with E-state index in [2.05, 4.69) is 10.1 Å². The number of carbonyl (C=O) groups is 1. The lowest BCUT2D eigenvalue weighted by Gasteiger charge is -2.04. The van der Waals surface area contributed by atoms with E-state index in [0.29, 0.717) is 10.6 Å². The molecule has 9 heteroatoms. The van der Waals surface area contributed by atoms with E-state index in [0.717, 1.165) is 0 Å². The molecule has 0 atom stereocenters. The molecule has 27 heavy (non-hydrogen) atoms. The van der Waals surface area contributed by atoms with Crippen LogP contribution in [-0.2, 0) is 26.0 Å². The third-order valence-corrected chi connectivity index (χ3v) is 5.68. The van der Waals surface area contributed by atoms with Gasteiger partial charge in [0.1, 0.15) is 0 Å². The first kappa shape index (κ1) is 19.1. The predicted octanol–water partition coefficient (Wildman–Crippen LogP) is 3.30. The van der Waals surface area contributed by atoms with Crippen molar-refractivity contribution in [3.8, 4) is 11.4 Å². The molecule has 0 aliphatic rings. The number of esters is 1. The third kappa shape index (κ3) is 4.93. The number of hydrogen-bond donors (Lipinski definition) is 0. The summed E-state index contributed by atoms with van der Waals surface area (Å²) in [6.07, 6.45) is -0.275. The molecule has 0 aliphatic carbocycles. The fourth-order valence-corrected chi connectivity index (χ4v) is 3.71. The van der Waals surface area contributed by atoms with E-state index in [4.69, 9.17) is 20.9 Å². The zero-order valence-electron chi connectivity index (χ0n) is 14.0. The van der Waals surface area contributed by atoms with Gasteiger partial charge in [0, 0.05) is 5.56 Å². The lowest BCUT2D eigenvalue weighted by Crippen LogP contribution is -2.13. The van der Waals surface area contributed by atoms with Crippen molar-refractivity contribution in [1.29, 1.82) is 0 Å². The summed E-state index contributed by atoms with van der Waals surface area (Å²) in [5.41, 5.74) is 0.592. The minimum absolute atomic E-state index is 0.0872. The predicted molar refractivity (Wildman–Crippen MR) is 97.7 cm³/mol. The quantitative estimate of drug-likeness (QED) is 0.555. The molecule has 1 heterocycles. The van der Waals surface area contributed by atoms with E-state index in [1.165, 1.54) is 12.1 Å². The molecule has 0 amide bonds. The molecular formula is C18H15ClN2O5S. The van der Waals surface area contributed by atoms with Crippen LogP contribution >= 0.6 is 11.6 Å². The zero-order chi connectivity index (χ0) is 19.3. The lowest BCUT2D eigenvalue weighted by molar-refractivity contribution is -0.145. The summed E-state index contributed by atoms with van der Waals surface area (Å²) < 4.78 is 34.3. The fraction of sp³-hybridized carbons (Fsp3) is 0.167. The van der Waals surface area contributed by atoms with Gasteiger partial charge in [-0.2, -0.15) is 4.98 Å². The molecule has 0 saturated heterocycles. The average molecular weight is 407 g/mol. The summed E-state index contributed by atoms with van der Waals surface area (Å²) in [5.74, 6) is -0.653. The Balaban J connectivity index is 1.54. The number of hydrogen-bond acceptors (Lipinski definition) is 7. The van der Waals surface area contributed by atoms with Gasteiger partial charge in [0.2, 0.25) is 5.82 Å². The topological polar surface area (TPSA) is 99.4 Å². The highest BCUT2D eigenvalue weighted by atomic mass is 35.5. The maximum atomic E-state index is 12.1. The normalized spacial score (nSPS) is 11.3. The van der Waals surface area contributed by atoms with Crippen molar-refractivity contribution in [2.45, 2.75) is 17.9 Å². The zero-order valence-corrected chi connectivity index (χ0v) is 15.6. The van der Waals surface area contributed by atoms with Gasteiger partial charge in [-0.3, -0.25) is 4.79 Å². The summed E-state index contributed by atoms with van der Waals surface area (Å²) in [6.45, 7) is -0.248. The number of carbonyl (C=O) groups excluding carboxylic acids is 1. The Morgan fingerprint density at radius 1 is 1.07 bits per heavy atom. The number of ether oxygens (including phenoxy) is 1. The molecule has 1 aromatic heterocycles. The van der Waals surface area contributed by atoms with Gasteiger partial charge in [-0.05, 0) is 24.3 Å². The summed E-state index contributed by atoms with van der Waals surface area (Å²) in [5, 5.41) is 4.26. The summed E-state index contributed by atoms with van der Waals surface area (Å²) in [4.78, 5) is 16.1. The number of nitrogens with zero attached hydrogens (tertiary/aromatic N) is 2. The van der Waals surface area contributed by atoms with E-state index < -0.39 is 15.8 Å². The highest BCUT2D eigenvalue weighted by molar-refractivity contribution is 7.91. The van der Waals surface area contributed by atoms with Crippen molar-refractivity contribution in [2.24, 2.45) is 0 Å². The molecule has 0 spiro atoms. The number of benzene rings is 2. The molecule has 0 N–H and O–H groups in total. The molecule has 140 valence electrons. The van der Waals surface area contributed by atoms with Gasteiger partial charge in [0.05, 0.1) is 22.1 Å². The Kier molecular flexibility index (Phi) is 5.88. The molecular weight excluding hydrogens is 392 g/mol. The minimum Gasteiger partial charge on any atom is -0.456 e. The summed E-state index contributed by atoms with van der Waals surface area (Å²) in [7, 11) is -3.54. The van der Waals surface area contributed by atoms with Gasteiger partial charge in [0.15, 0.2) is 16.4 Å². The molecule has 2 aromatic carbocycles. The maximum absolute atomic E-state index is 12.1. The molecule has 3 aromatic rings. The molecule has 7 nitrogen and oxygen atoms in total. The lowest BCUT2D eigenvalue weighted by atomic mass is 10.2. The van der Waals surface area contributed by atoms with E-state index in [9.17, 15) is 13.2 Å². The van der Waals surface area contributed by atoms with E-state index in [-0.39, 0.29) is 35.4 Å². The minimum atomic E-state index is -3.54. The Morgan fingerprint density at radius 3 is 2.52 bits per heavy atom. The van der Waals surface area contributed by atoms with Gasteiger partial charge in [-0.1, -0.05) is 47.1 Å². The molecule has 0 saturated carbocycles. The SMILES string of the molecule is O=C(CCS(=O)(=O)c1ccccc1)OCc1nc(-c2ccccc2Cl)no1. The van der Waals surface area contributed by atoms with Gasteiger partial charge < -0.3 is 9.26 Å². The highest BCUT2D eigenvalue weighted by Gasteiger charge is 2.18. The molecule has 0 bridgehead atoms. The van der Waals surface area contributed by atoms with Crippen LogP contribution in [0.2, 0.25) is 5.02 Å². The molecule has 0 aliphatic heterocycles. The molecule has 0 unspecified atom stereocenters. The number of rotatable bonds is 7. The molecule has 0 fully saturated rings. The van der Waals surface area contributed by atoms with Gasteiger partial charge in [-0.15, -0.1) is 0 Å². The van der Waals surface area contributed by atoms with Crippen LogP contribution in [0.15, 0.2) is 64.0 Å². The second kappa shape index (κ2) is 8.32. The monoisotopic (exact) mass is 406 g/mol. The average Bonchev–Trinajstić information content (AvgIpc) is 3.15. The van der Waals surface area contributed by atoms with Crippen LogP contribution < -0.4 is 0 Å². The number of sulfone groups is 1. The number of aromatic nitrogens is 2. The number of halogens is 1. The van der Waals surface area contributed by atoms with Gasteiger partial charge in [0.25, 0.3) is 5.89 Å². The van der Waals surface area contributed by atoms with Crippen LogP contribution in [0, 0.1) is 0 Å². The van der Waals surface area contributed by atoms with Gasteiger partial charge in [-0.25, -0.2) is 8.42 Å². The molecule has 0 radical (unpaired) electrons. The van der Waals surface area contributed by atoms with Crippen molar-refractivity contribution >= 4 is 27.4 Å². The van der Waals surface area contributed by atoms with Crippen molar-refractivity contribution in [1.82, 2.24) is 10.1 Å². The van der Waals surface area contributed by atoms with Crippen molar-refractivity contribution in [3.63, 3.8) is 0 Å². The maximum Gasteiger partial charge on any atom is 0.307 e. The standard InChI is InChI=1S/C18H15ClN2O5S/c19-15-9-5-4-8-14(15)18-20-16(26-21-18)12-25-17(22)10-11-27(23,24)13-6-2-1-3-7-13/h1-9H,10-12H2. The summed E-state index contributed by atoms with van der Waals surface area (Å²) >= 11 is 6.07. The van der Waals surface area contributed by atoms with Crippen LogP contribution in [0.4, 0.5) is 0 Å². The van der Waals surface area contributed by atoms with Crippen LogP contribution in [0.1, 0.15) is 12.3 Å². The van der Waals surface area contributed by atoms with E-state index in [1.807, 2.05) is 0 Å². The third-order valence-electron chi connectivity index (χ3n) is 3.62. The van der Waals surface area contributed by atoms with Crippen LogP contribution in [0.3, 0.4) is 0 Å². The van der Waals surface area contributed by atoms with Crippen molar-refractivity contribution in [2.75, 3.05) is 5.75 Å². The summed E-state index contributed by atoms with van der Waals surface area (Å²) in [6, 6.07) is 14.9. The first-order chi connectivity index (χ1) is 13.0. The smallest absolute Gasteiger partial charge is 0.307 e. The van der Waals surface area contributed by atoms with Crippen LogP contribution in [0.5, 0.6) is 0 Å². The largest absolute Gasteiger partial charge is 0.456 e. The Labute approximate surface area is 160 Å². The first-order valence-electron chi connectivity index (χ1n) is 7.96. The Bertz CT molecular complexity index is 1030.